The highest BCUT2D eigenvalue weighted by Crippen LogP contribution is 2.35. The Balaban J connectivity index is 1.83. The van der Waals surface area contributed by atoms with Crippen LogP contribution >= 0.6 is 0 Å². The van der Waals surface area contributed by atoms with Crippen LogP contribution in [-0.2, 0) is 35.8 Å². The Morgan fingerprint density at radius 3 is 2.67 bits per heavy atom. The smallest absolute Gasteiger partial charge is 0.253 e. The number of aryl methyl sites for hydroxylation is 2. The molecule has 0 radical (unpaired) electrons. The van der Waals surface area contributed by atoms with Crippen LogP contribution in [0, 0.1) is 12.8 Å². The second-order valence-electron chi connectivity index (χ2n) is 8.03. The highest BCUT2D eigenvalue weighted by atomic mass is 16.5. The average molecular weight is 365 g/mol. The SMILES string of the molecule is Cc1cc(-c2ccc3c(c2CC2CCOCC2)CCC(=O)C3)cn(C)c1=O. The first-order chi connectivity index (χ1) is 13.0. The number of Topliss-reactive ketones (excluding diaryl/α,β-unsaturated/α-hetero) is 1. The number of rotatable bonds is 3. The van der Waals surface area contributed by atoms with E-state index in [-0.39, 0.29) is 5.56 Å². The summed E-state index contributed by atoms with van der Waals surface area (Å²) in [6.45, 7) is 3.56. The summed E-state index contributed by atoms with van der Waals surface area (Å²) in [5, 5.41) is 0. The lowest BCUT2D eigenvalue weighted by Gasteiger charge is -2.27. The third-order valence-electron chi connectivity index (χ3n) is 6.08. The maximum absolute atomic E-state index is 12.1. The highest BCUT2D eigenvalue weighted by Gasteiger charge is 2.24. The van der Waals surface area contributed by atoms with E-state index in [1.54, 1.807) is 4.57 Å². The second kappa shape index (κ2) is 7.43. The van der Waals surface area contributed by atoms with Gasteiger partial charge in [-0.3, -0.25) is 9.59 Å². The van der Waals surface area contributed by atoms with Gasteiger partial charge in [0.15, 0.2) is 0 Å². The predicted octanol–water partition coefficient (Wildman–Crippen LogP) is 3.39. The van der Waals surface area contributed by atoms with Crippen LogP contribution < -0.4 is 5.56 Å². The molecule has 142 valence electrons. The fraction of sp³-hybridized carbons (Fsp3) is 0.478. The van der Waals surface area contributed by atoms with E-state index in [1.807, 2.05) is 26.2 Å². The van der Waals surface area contributed by atoms with Crippen molar-refractivity contribution in [3.63, 3.8) is 0 Å². The van der Waals surface area contributed by atoms with Crippen molar-refractivity contribution in [2.75, 3.05) is 13.2 Å². The standard InChI is InChI=1S/C23H27NO3/c1-15-11-18(14-24(2)23(15)26)21-5-3-17-13-19(25)4-6-20(17)22(21)12-16-7-9-27-10-8-16/h3,5,11,14,16H,4,6-10,12-13H2,1-2H3. The highest BCUT2D eigenvalue weighted by molar-refractivity contribution is 5.84. The molecule has 27 heavy (non-hydrogen) atoms. The molecule has 1 aromatic heterocycles. The van der Waals surface area contributed by atoms with Gasteiger partial charge in [0.25, 0.3) is 5.56 Å². The van der Waals surface area contributed by atoms with Crippen molar-refractivity contribution >= 4 is 5.78 Å². The maximum atomic E-state index is 12.1. The number of carbonyl (C=O) groups excluding carboxylic acids is 1. The van der Waals surface area contributed by atoms with Gasteiger partial charge in [-0.2, -0.15) is 0 Å². The Kier molecular flexibility index (Phi) is 5.00. The zero-order valence-electron chi connectivity index (χ0n) is 16.2. The topological polar surface area (TPSA) is 48.3 Å². The monoisotopic (exact) mass is 365 g/mol. The lowest BCUT2D eigenvalue weighted by Crippen LogP contribution is -2.22. The van der Waals surface area contributed by atoms with E-state index < -0.39 is 0 Å². The molecule has 4 rings (SSSR count). The van der Waals surface area contributed by atoms with Crippen LogP contribution in [0.5, 0.6) is 0 Å². The van der Waals surface area contributed by atoms with Crippen LogP contribution in [0.3, 0.4) is 0 Å². The summed E-state index contributed by atoms with van der Waals surface area (Å²) in [6.07, 6.45) is 7.19. The number of hydrogen-bond acceptors (Lipinski definition) is 3. The van der Waals surface area contributed by atoms with Gasteiger partial charge < -0.3 is 9.30 Å². The van der Waals surface area contributed by atoms with E-state index >= 15 is 0 Å². The Morgan fingerprint density at radius 2 is 1.93 bits per heavy atom. The minimum atomic E-state index is 0.0493. The van der Waals surface area contributed by atoms with Crippen LogP contribution in [0.15, 0.2) is 29.2 Å². The summed E-state index contributed by atoms with van der Waals surface area (Å²) in [5.74, 6) is 0.959. The summed E-state index contributed by atoms with van der Waals surface area (Å²) in [5.41, 5.74) is 7.06. The van der Waals surface area contributed by atoms with Crippen LogP contribution in [0.25, 0.3) is 11.1 Å². The lowest BCUT2D eigenvalue weighted by atomic mass is 9.79. The molecule has 0 saturated carbocycles. The van der Waals surface area contributed by atoms with Gasteiger partial charge in [-0.15, -0.1) is 0 Å². The predicted molar refractivity (Wildman–Crippen MR) is 106 cm³/mol. The number of aromatic nitrogens is 1. The zero-order chi connectivity index (χ0) is 19.0. The van der Waals surface area contributed by atoms with Gasteiger partial charge in [0, 0.05) is 44.9 Å². The third kappa shape index (κ3) is 3.63. The molecule has 4 heteroatoms. The van der Waals surface area contributed by atoms with Crippen LogP contribution in [0.1, 0.15) is 41.5 Å². The van der Waals surface area contributed by atoms with E-state index in [4.69, 9.17) is 4.74 Å². The fourth-order valence-corrected chi connectivity index (χ4v) is 4.55. The molecule has 0 spiro atoms. The second-order valence-corrected chi connectivity index (χ2v) is 8.03. The molecule has 2 heterocycles. The molecule has 0 amide bonds. The molecule has 0 N–H and O–H groups in total. The Labute approximate surface area is 160 Å². The first-order valence-corrected chi connectivity index (χ1v) is 9.93. The number of hydrogen-bond donors (Lipinski definition) is 0. The van der Waals surface area contributed by atoms with E-state index in [0.717, 1.165) is 50.0 Å². The summed E-state index contributed by atoms with van der Waals surface area (Å²) in [6, 6.07) is 6.28. The molecule has 1 aromatic carbocycles. The van der Waals surface area contributed by atoms with Crippen molar-refractivity contribution < 1.29 is 9.53 Å². The van der Waals surface area contributed by atoms with E-state index in [9.17, 15) is 9.59 Å². The van der Waals surface area contributed by atoms with Crippen molar-refractivity contribution in [1.29, 1.82) is 0 Å². The van der Waals surface area contributed by atoms with Crippen LogP contribution in [0.2, 0.25) is 0 Å². The molecule has 2 aromatic rings. The molecule has 0 bridgehead atoms. The molecule has 0 unspecified atom stereocenters. The number of ketones is 1. The zero-order valence-corrected chi connectivity index (χ0v) is 16.2. The van der Waals surface area contributed by atoms with Crippen molar-refractivity contribution in [2.45, 2.75) is 45.4 Å². The van der Waals surface area contributed by atoms with Gasteiger partial charge in [-0.25, -0.2) is 0 Å². The first-order valence-electron chi connectivity index (χ1n) is 9.93. The average Bonchev–Trinajstić information content (AvgIpc) is 2.66. The van der Waals surface area contributed by atoms with Crippen molar-refractivity contribution in [3.8, 4) is 11.1 Å². The molecule has 0 atom stereocenters. The summed E-state index contributed by atoms with van der Waals surface area (Å²) in [7, 11) is 1.81. The Hall–Kier alpha value is -2.20. The van der Waals surface area contributed by atoms with E-state index in [1.165, 1.54) is 22.3 Å². The minimum Gasteiger partial charge on any atom is -0.381 e. The molecular weight excluding hydrogens is 338 g/mol. The first kappa shape index (κ1) is 18.2. The van der Waals surface area contributed by atoms with Crippen LogP contribution in [-0.4, -0.2) is 23.6 Å². The minimum absolute atomic E-state index is 0.0493. The van der Waals surface area contributed by atoms with Gasteiger partial charge in [-0.1, -0.05) is 12.1 Å². The van der Waals surface area contributed by atoms with Crippen molar-refractivity contribution in [3.05, 3.63) is 57.0 Å². The number of nitrogens with zero attached hydrogens (tertiary/aromatic N) is 1. The molecule has 2 aliphatic rings. The molecule has 4 nitrogen and oxygen atoms in total. The molecule has 1 fully saturated rings. The number of carbonyl (C=O) groups is 1. The van der Waals surface area contributed by atoms with Gasteiger partial charge in [0.05, 0.1) is 0 Å². The number of fused-ring (bicyclic) bond motifs is 1. The molecule has 1 saturated heterocycles. The number of benzene rings is 1. The Bertz CT molecular complexity index is 909. The third-order valence-corrected chi connectivity index (χ3v) is 6.08. The quantitative estimate of drug-likeness (QED) is 0.838. The normalized spacial score (nSPS) is 17.8. The summed E-state index contributed by atoms with van der Waals surface area (Å²) < 4.78 is 7.21. The van der Waals surface area contributed by atoms with Gasteiger partial charge in [-0.05, 0) is 72.4 Å². The van der Waals surface area contributed by atoms with Crippen LogP contribution in [0.4, 0.5) is 0 Å². The van der Waals surface area contributed by atoms with Gasteiger partial charge in [0.2, 0.25) is 0 Å². The summed E-state index contributed by atoms with van der Waals surface area (Å²) >= 11 is 0. The van der Waals surface area contributed by atoms with E-state index in [0.29, 0.717) is 24.5 Å². The fourth-order valence-electron chi connectivity index (χ4n) is 4.55. The number of ether oxygens (including phenoxy) is 1. The maximum Gasteiger partial charge on any atom is 0.253 e. The molecule has 1 aliphatic heterocycles. The van der Waals surface area contributed by atoms with Gasteiger partial charge in [0.1, 0.15) is 5.78 Å². The van der Waals surface area contributed by atoms with Crippen molar-refractivity contribution in [1.82, 2.24) is 4.57 Å². The van der Waals surface area contributed by atoms with E-state index in [2.05, 4.69) is 12.1 Å². The molecular formula is C23H27NO3. The largest absolute Gasteiger partial charge is 0.381 e. The lowest BCUT2D eigenvalue weighted by molar-refractivity contribution is -0.118. The Morgan fingerprint density at radius 1 is 1.15 bits per heavy atom. The number of pyridine rings is 1. The summed E-state index contributed by atoms with van der Waals surface area (Å²) in [4.78, 5) is 24.1. The molecule has 1 aliphatic carbocycles. The van der Waals surface area contributed by atoms with Crippen molar-refractivity contribution in [2.24, 2.45) is 13.0 Å². The van der Waals surface area contributed by atoms with Gasteiger partial charge >= 0.3 is 0 Å².